The SMILES string of the molecule is COc1ccccc1CN(CC(=O)N[C@@H]1CCS(=O)(=O)C1)C1CC1. The minimum Gasteiger partial charge on any atom is -0.496 e. The molecule has 1 saturated heterocycles. The third-order valence-corrected chi connectivity index (χ3v) is 6.34. The van der Waals surface area contributed by atoms with Crippen molar-refractivity contribution < 1.29 is 17.9 Å². The number of benzene rings is 1. The third-order valence-electron chi connectivity index (χ3n) is 4.57. The molecular formula is C17H24N2O4S. The van der Waals surface area contributed by atoms with Crippen LogP contribution in [0.1, 0.15) is 24.8 Å². The number of carbonyl (C=O) groups excluding carboxylic acids is 1. The quantitative estimate of drug-likeness (QED) is 0.791. The lowest BCUT2D eigenvalue weighted by Gasteiger charge is -2.23. The average Bonchev–Trinajstić information content (AvgIpc) is 3.32. The molecule has 1 saturated carbocycles. The van der Waals surface area contributed by atoms with Crippen LogP contribution in [0.3, 0.4) is 0 Å². The van der Waals surface area contributed by atoms with Gasteiger partial charge < -0.3 is 10.1 Å². The highest BCUT2D eigenvalue weighted by atomic mass is 32.2. The predicted molar refractivity (Wildman–Crippen MR) is 91.6 cm³/mol. The van der Waals surface area contributed by atoms with Crippen LogP contribution >= 0.6 is 0 Å². The van der Waals surface area contributed by atoms with Crippen LogP contribution in [0.5, 0.6) is 5.75 Å². The number of ether oxygens (including phenoxy) is 1. The molecule has 0 aromatic heterocycles. The number of methoxy groups -OCH3 is 1. The molecule has 1 amide bonds. The first-order valence-corrected chi connectivity index (χ1v) is 10.1. The predicted octanol–water partition coefficient (Wildman–Crippen LogP) is 0.963. The van der Waals surface area contributed by atoms with E-state index in [1.54, 1.807) is 7.11 Å². The van der Waals surface area contributed by atoms with Gasteiger partial charge in [0.25, 0.3) is 0 Å². The van der Waals surface area contributed by atoms with Crippen molar-refractivity contribution in [1.29, 1.82) is 0 Å². The Hall–Kier alpha value is -1.60. The van der Waals surface area contributed by atoms with E-state index in [0.717, 1.165) is 24.2 Å². The fourth-order valence-electron chi connectivity index (χ4n) is 3.17. The number of hydrogen-bond acceptors (Lipinski definition) is 5. The Labute approximate surface area is 143 Å². The number of sulfone groups is 1. The highest BCUT2D eigenvalue weighted by Gasteiger charge is 2.33. The number of nitrogens with zero attached hydrogens (tertiary/aromatic N) is 1. The van der Waals surface area contributed by atoms with Gasteiger partial charge in [0.05, 0.1) is 25.2 Å². The van der Waals surface area contributed by atoms with E-state index in [-0.39, 0.29) is 23.5 Å². The van der Waals surface area contributed by atoms with Crippen LogP contribution in [0.15, 0.2) is 24.3 Å². The highest BCUT2D eigenvalue weighted by Crippen LogP contribution is 2.30. The van der Waals surface area contributed by atoms with Gasteiger partial charge in [-0.15, -0.1) is 0 Å². The van der Waals surface area contributed by atoms with Crippen LogP contribution in [0.25, 0.3) is 0 Å². The van der Waals surface area contributed by atoms with E-state index in [9.17, 15) is 13.2 Å². The van der Waals surface area contributed by atoms with Gasteiger partial charge in [-0.05, 0) is 25.3 Å². The van der Waals surface area contributed by atoms with Crippen LogP contribution in [0, 0.1) is 0 Å². The van der Waals surface area contributed by atoms with Gasteiger partial charge in [-0.2, -0.15) is 0 Å². The zero-order valence-corrected chi connectivity index (χ0v) is 14.7. The van der Waals surface area contributed by atoms with Crippen LogP contribution < -0.4 is 10.1 Å². The number of hydrogen-bond donors (Lipinski definition) is 1. The normalized spacial score (nSPS) is 22.5. The molecule has 1 aliphatic carbocycles. The largest absolute Gasteiger partial charge is 0.496 e. The summed E-state index contributed by atoms with van der Waals surface area (Å²) in [7, 11) is -1.33. The molecule has 24 heavy (non-hydrogen) atoms. The fraction of sp³-hybridized carbons (Fsp3) is 0.588. The monoisotopic (exact) mass is 352 g/mol. The molecule has 0 unspecified atom stereocenters. The van der Waals surface area contributed by atoms with Crippen molar-refractivity contribution in [2.45, 2.75) is 37.9 Å². The van der Waals surface area contributed by atoms with E-state index < -0.39 is 9.84 Å². The summed E-state index contributed by atoms with van der Waals surface area (Å²) in [6.45, 7) is 0.949. The molecule has 1 aliphatic heterocycles. The summed E-state index contributed by atoms with van der Waals surface area (Å²) in [4.78, 5) is 14.5. The number of carbonyl (C=O) groups is 1. The molecule has 6 nitrogen and oxygen atoms in total. The van der Waals surface area contributed by atoms with Crippen LogP contribution in [0.2, 0.25) is 0 Å². The summed E-state index contributed by atoms with van der Waals surface area (Å²) in [6, 6.07) is 8.01. The maximum absolute atomic E-state index is 12.3. The lowest BCUT2D eigenvalue weighted by Crippen LogP contribution is -2.43. The first-order chi connectivity index (χ1) is 11.5. The Balaban J connectivity index is 1.59. The summed E-state index contributed by atoms with van der Waals surface area (Å²) in [5.74, 6) is 0.963. The second-order valence-electron chi connectivity index (χ2n) is 6.62. The fourth-order valence-corrected chi connectivity index (χ4v) is 4.85. The maximum atomic E-state index is 12.3. The molecule has 1 heterocycles. The van der Waals surface area contributed by atoms with Crippen molar-refractivity contribution in [2.24, 2.45) is 0 Å². The molecule has 132 valence electrons. The van der Waals surface area contributed by atoms with Crippen molar-refractivity contribution in [1.82, 2.24) is 10.2 Å². The average molecular weight is 352 g/mol. The zero-order valence-electron chi connectivity index (χ0n) is 13.9. The van der Waals surface area contributed by atoms with Gasteiger partial charge in [-0.25, -0.2) is 8.42 Å². The minimum atomic E-state index is -2.98. The van der Waals surface area contributed by atoms with Crippen molar-refractivity contribution in [3.63, 3.8) is 0 Å². The topological polar surface area (TPSA) is 75.7 Å². The second-order valence-corrected chi connectivity index (χ2v) is 8.84. The molecule has 3 rings (SSSR count). The van der Waals surface area contributed by atoms with Crippen molar-refractivity contribution in [3.05, 3.63) is 29.8 Å². The molecular weight excluding hydrogens is 328 g/mol. The van der Waals surface area contributed by atoms with Gasteiger partial charge in [-0.3, -0.25) is 9.69 Å². The van der Waals surface area contributed by atoms with Crippen molar-refractivity contribution >= 4 is 15.7 Å². The zero-order chi connectivity index (χ0) is 17.2. The lowest BCUT2D eigenvalue weighted by molar-refractivity contribution is -0.123. The lowest BCUT2D eigenvalue weighted by atomic mass is 10.2. The van der Waals surface area contributed by atoms with Gasteiger partial charge in [0.1, 0.15) is 5.75 Å². The number of amides is 1. The number of para-hydroxylation sites is 1. The Morgan fingerprint density at radius 2 is 2.04 bits per heavy atom. The maximum Gasteiger partial charge on any atom is 0.234 e. The van der Waals surface area contributed by atoms with Gasteiger partial charge >= 0.3 is 0 Å². The minimum absolute atomic E-state index is 0.0642. The van der Waals surface area contributed by atoms with E-state index >= 15 is 0 Å². The van der Waals surface area contributed by atoms with E-state index in [2.05, 4.69) is 10.2 Å². The summed E-state index contributed by atoms with van der Waals surface area (Å²) in [5, 5.41) is 2.87. The van der Waals surface area contributed by atoms with E-state index in [4.69, 9.17) is 4.74 Å². The van der Waals surface area contributed by atoms with Crippen LogP contribution in [-0.4, -0.2) is 56.5 Å². The van der Waals surface area contributed by atoms with Crippen LogP contribution in [0.4, 0.5) is 0 Å². The molecule has 1 atom stereocenters. The van der Waals surface area contributed by atoms with Gasteiger partial charge in [0, 0.05) is 24.2 Å². The standard InChI is InChI=1S/C17H24N2O4S/c1-23-16-5-3-2-4-13(16)10-19(15-6-7-15)11-17(20)18-14-8-9-24(21,22)12-14/h2-5,14-15H,6-12H2,1H3,(H,18,20)/t14-/m1/s1. The van der Waals surface area contributed by atoms with Crippen molar-refractivity contribution in [3.8, 4) is 5.75 Å². The van der Waals surface area contributed by atoms with E-state index in [0.29, 0.717) is 25.6 Å². The van der Waals surface area contributed by atoms with E-state index in [1.165, 1.54) is 0 Å². The van der Waals surface area contributed by atoms with E-state index in [1.807, 2.05) is 24.3 Å². The first-order valence-electron chi connectivity index (χ1n) is 8.32. The summed E-state index contributed by atoms with van der Waals surface area (Å²) in [5.41, 5.74) is 1.06. The third kappa shape index (κ3) is 4.48. The summed E-state index contributed by atoms with van der Waals surface area (Å²) < 4.78 is 28.4. The second kappa shape index (κ2) is 7.11. The summed E-state index contributed by atoms with van der Waals surface area (Å²) >= 11 is 0. The molecule has 7 heteroatoms. The van der Waals surface area contributed by atoms with Gasteiger partial charge in [0.15, 0.2) is 9.84 Å². The molecule has 2 aliphatic rings. The molecule has 1 aromatic carbocycles. The molecule has 0 bridgehead atoms. The molecule has 0 radical (unpaired) electrons. The highest BCUT2D eigenvalue weighted by molar-refractivity contribution is 7.91. The summed E-state index contributed by atoms with van der Waals surface area (Å²) in [6.07, 6.45) is 2.71. The van der Waals surface area contributed by atoms with Gasteiger partial charge in [0.2, 0.25) is 5.91 Å². The van der Waals surface area contributed by atoms with Crippen LogP contribution in [-0.2, 0) is 21.2 Å². The molecule has 1 N–H and O–H groups in total. The smallest absolute Gasteiger partial charge is 0.234 e. The number of rotatable bonds is 7. The molecule has 2 fully saturated rings. The Bertz CT molecular complexity index is 700. The Morgan fingerprint density at radius 3 is 2.67 bits per heavy atom. The Kier molecular flexibility index (Phi) is 5.10. The number of nitrogens with one attached hydrogen (secondary N) is 1. The van der Waals surface area contributed by atoms with Gasteiger partial charge in [-0.1, -0.05) is 18.2 Å². The molecule has 1 aromatic rings. The first kappa shape index (κ1) is 17.2. The Morgan fingerprint density at radius 1 is 1.29 bits per heavy atom. The van der Waals surface area contributed by atoms with Crippen molar-refractivity contribution in [2.75, 3.05) is 25.2 Å². The molecule has 0 spiro atoms.